The van der Waals surface area contributed by atoms with Crippen LogP contribution >= 0.6 is 15.9 Å². The first-order valence-corrected chi connectivity index (χ1v) is 11.0. The quantitative estimate of drug-likeness (QED) is 0.272. The Balaban J connectivity index is 1.29. The lowest BCUT2D eigenvalue weighted by Crippen LogP contribution is -2.53. The fourth-order valence-corrected chi connectivity index (χ4v) is 8.06. The number of hydrogen-bond acceptors (Lipinski definition) is 6. The van der Waals surface area contributed by atoms with Crippen molar-refractivity contribution in [2.24, 2.45) is 17.3 Å². The summed E-state index contributed by atoms with van der Waals surface area (Å²) in [5, 5.41) is 11.2. The molecule has 4 saturated carbocycles. The topological polar surface area (TPSA) is 87.9 Å². The number of nitrogens with zero attached hydrogens (tertiary/aromatic N) is 1. The summed E-state index contributed by atoms with van der Waals surface area (Å²) in [4.78, 5) is 23.5. The molecule has 5 aliphatic rings. The Bertz CT molecular complexity index is 857. The minimum Gasteiger partial charge on any atom is -0.467 e. The van der Waals surface area contributed by atoms with Crippen molar-refractivity contribution < 1.29 is 23.9 Å². The highest BCUT2D eigenvalue weighted by Gasteiger charge is 2.57. The van der Waals surface area contributed by atoms with Crippen molar-refractivity contribution >= 4 is 27.6 Å². The average molecular weight is 466 g/mol. The molecule has 1 aliphatic heterocycles. The predicted molar refractivity (Wildman–Crippen MR) is 107 cm³/mol. The largest absolute Gasteiger partial charge is 0.467 e. The van der Waals surface area contributed by atoms with E-state index in [-0.39, 0.29) is 41.4 Å². The van der Waals surface area contributed by atoms with E-state index in [2.05, 4.69) is 15.9 Å². The van der Waals surface area contributed by atoms with Crippen LogP contribution in [0.4, 0.5) is 5.69 Å². The lowest BCUT2D eigenvalue weighted by molar-refractivity contribution is -0.385. The second-order valence-corrected chi connectivity index (χ2v) is 11.1. The number of non-ortho nitro benzene ring substituents is 1. The zero-order chi connectivity index (χ0) is 20.2. The summed E-state index contributed by atoms with van der Waals surface area (Å²) >= 11 is 3.98. The number of carbonyl (C=O) groups excluding carboxylic acids is 1. The second-order valence-electron chi connectivity index (χ2n) is 9.41. The van der Waals surface area contributed by atoms with E-state index < -0.39 is 4.92 Å². The monoisotopic (exact) mass is 465 g/mol. The Kier molecular flexibility index (Phi) is 4.62. The first-order chi connectivity index (χ1) is 13.8. The maximum Gasteiger partial charge on any atom is 0.306 e. The van der Waals surface area contributed by atoms with E-state index in [9.17, 15) is 14.9 Å². The molecule has 0 amide bonds. The van der Waals surface area contributed by atoms with Gasteiger partial charge in [0, 0.05) is 27.6 Å². The van der Waals surface area contributed by atoms with E-state index in [4.69, 9.17) is 14.2 Å². The third-order valence-corrected chi connectivity index (χ3v) is 7.93. The van der Waals surface area contributed by atoms with Crippen LogP contribution in [-0.2, 0) is 27.5 Å². The van der Waals surface area contributed by atoms with Crippen molar-refractivity contribution in [1.29, 1.82) is 0 Å². The van der Waals surface area contributed by atoms with Crippen LogP contribution in [0.2, 0.25) is 0 Å². The van der Waals surface area contributed by atoms with Crippen LogP contribution in [0.5, 0.6) is 5.75 Å². The van der Waals surface area contributed by atoms with Gasteiger partial charge in [0.2, 0.25) is 0 Å². The number of nitro benzene ring substituents is 1. The van der Waals surface area contributed by atoms with E-state index in [0.29, 0.717) is 35.1 Å². The second kappa shape index (κ2) is 6.94. The summed E-state index contributed by atoms with van der Waals surface area (Å²) in [6, 6.07) is 2.88. The average Bonchev–Trinajstić information content (AvgIpc) is 2.63. The van der Waals surface area contributed by atoms with E-state index in [1.54, 1.807) is 0 Å². The van der Waals surface area contributed by atoms with Crippen molar-refractivity contribution in [3.63, 3.8) is 0 Å². The summed E-state index contributed by atoms with van der Waals surface area (Å²) in [7, 11) is 0. The number of rotatable bonds is 5. The molecule has 0 unspecified atom stereocenters. The molecule has 1 aromatic rings. The van der Waals surface area contributed by atoms with Gasteiger partial charge in [0.15, 0.2) is 6.79 Å². The van der Waals surface area contributed by atoms with Gasteiger partial charge < -0.3 is 14.2 Å². The van der Waals surface area contributed by atoms with Gasteiger partial charge in [-0.1, -0.05) is 15.9 Å². The highest BCUT2D eigenvalue weighted by Crippen LogP contribution is 2.65. The molecule has 1 aromatic carbocycles. The number of ether oxygens (including phenoxy) is 3. The van der Waals surface area contributed by atoms with Crippen molar-refractivity contribution in [2.45, 2.75) is 62.5 Å². The molecular formula is C21H24BrNO6. The fraction of sp³-hybridized carbons (Fsp3) is 0.667. The zero-order valence-electron chi connectivity index (χ0n) is 16.2. The maximum absolute atomic E-state index is 12.8. The van der Waals surface area contributed by atoms with Crippen LogP contribution in [0.3, 0.4) is 0 Å². The first kappa shape index (κ1) is 19.3. The molecule has 7 nitrogen and oxygen atoms in total. The minimum atomic E-state index is -0.453. The number of benzene rings is 1. The van der Waals surface area contributed by atoms with E-state index >= 15 is 0 Å². The Hall–Kier alpha value is -1.67. The molecule has 4 fully saturated rings. The summed E-state index contributed by atoms with van der Waals surface area (Å²) in [6.07, 6.45) is 7.42. The number of halogens is 1. The Morgan fingerprint density at radius 2 is 2.03 bits per heavy atom. The van der Waals surface area contributed by atoms with E-state index in [1.165, 1.54) is 31.4 Å². The minimum absolute atomic E-state index is 0.0226. The van der Waals surface area contributed by atoms with Gasteiger partial charge in [-0.05, 0) is 55.8 Å². The zero-order valence-corrected chi connectivity index (χ0v) is 17.7. The van der Waals surface area contributed by atoms with Crippen molar-refractivity contribution in [3.05, 3.63) is 33.4 Å². The SMILES string of the molecule is O=C(CC12C[C@H]3C[C@@H](CC(Br)(C3)C1)C2)OCc1cc([N+](=O)[O-])cc2c1OCOC2. The van der Waals surface area contributed by atoms with Gasteiger partial charge >= 0.3 is 5.97 Å². The molecule has 29 heavy (non-hydrogen) atoms. The van der Waals surface area contributed by atoms with Gasteiger partial charge in [0.25, 0.3) is 5.69 Å². The highest BCUT2D eigenvalue weighted by molar-refractivity contribution is 9.10. The summed E-state index contributed by atoms with van der Waals surface area (Å²) in [5.74, 6) is 1.72. The normalized spacial score (nSPS) is 34.4. The lowest BCUT2D eigenvalue weighted by atomic mass is 9.49. The molecule has 8 heteroatoms. The van der Waals surface area contributed by atoms with Crippen LogP contribution in [-0.4, -0.2) is 22.0 Å². The third kappa shape index (κ3) is 3.65. The summed E-state index contributed by atoms with van der Waals surface area (Å²) in [6.45, 7) is 0.313. The van der Waals surface area contributed by atoms with Crippen LogP contribution in [0.1, 0.15) is 56.1 Å². The van der Waals surface area contributed by atoms with Crippen molar-refractivity contribution in [1.82, 2.24) is 0 Å². The smallest absolute Gasteiger partial charge is 0.306 e. The standard InChI is InChI=1S/C21H24BrNO6/c22-21-6-13-1-14(7-21)5-20(4-13,11-21)8-18(24)28-10-16-3-17(23(25)26)2-15-9-27-12-29-19(15)16/h2-3,13-14H,1,4-12H2/t13-,14-,20?,21?/m1/s1. The number of fused-ring (bicyclic) bond motifs is 1. The summed E-state index contributed by atoms with van der Waals surface area (Å²) in [5.41, 5.74) is 1.12. The van der Waals surface area contributed by atoms with E-state index in [0.717, 1.165) is 19.3 Å². The van der Waals surface area contributed by atoms with Gasteiger partial charge in [0.05, 0.1) is 18.0 Å². The molecule has 0 radical (unpaired) electrons. The van der Waals surface area contributed by atoms with Gasteiger partial charge in [0.1, 0.15) is 12.4 Å². The number of esters is 1. The number of carbonyl (C=O) groups is 1. The Morgan fingerprint density at radius 1 is 1.28 bits per heavy atom. The molecule has 1 heterocycles. The molecular weight excluding hydrogens is 442 g/mol. The molecule has 4 aliphatic carbocycles. The fourth-order valence-electron chi connectivity index (χ4n) is 6.55. The third-order valence-electron chi connectivity index (χ3n) is 7.00. The van der Waals surface area contributed by atoms with Crippen molar-refractivity contribution in [3.8, 4) is 5.75 Å². The molecule has 156 valence electrons. The number of hydrogen-bond donors (Lipinski definition) is 0. The van der Waals surface area contributed by atoms with Crippen LogP contribution < -0.4 is 4.74 Å². The van der Waals surface area contributed by atoms with Gasteiger partial charge in [-0.3, -0.25) is 14.9 Å². The molecule has 0 spiro atoms. The van der Waals surface area contributed by atoms with Crippen LogP contribution in [0.15, 0.2) is 12.1 Å². The Labute approximate surface area is 177 Å². The molecule has 2 atom stereocenters. The molecule has 6 rings (SSSR count). The lowest BCUT2D eigenvalue weighted by Gasteiger charge is -2.60. The highest BCUT2D eigenvalue weighted by atomic mass is 79.9. The molecule has 4 bridgehead atoms. The van der Waals surface area contributed by atoms with Crippen molar-refractivity contribution in [2.75, 3.05) is 6.79 Å². The Morgan fingerprint density at radius 3 is 2.72 bits per heavy atom. The maximum atomic E-state index is 12.8. The van der Waals surface area contributed by atoms with Crippen LogP contribution in [0.25, 0.3) is 0 Å². The van der Waals surface area contributed by atoms with Crippen LogP contribution in [0, 0.1) is 27.4 Å². The molecule has 0 saturated heterocycles. The number of alkyl halides is 1. The van der Waals surface area contributed by atoms with Gasteiger partial charge in [-0.2, -0.15) is 0 Å². The molecule has 0 N–H and O–H groups in total. The summed E-state index contributed by atoms with van der Waals surface area (Å²) < 4.78 is 16.6. The molecule has 0 aromatic heterocycles. The van der Waals surface area contributed by atoms with Gasteiger partial charge in [-0.15, -0.1) is 0 Å². The number of nitro groups is 1. The first-order valence-electron chi connectivity index (χ1n) is 10.2. The van der Waals surface area contributed by atoms with E-state index in [1.807, 2.05) is 0 Å². The predicted octanol–water partition coefficient (Wildman–Crippen LogP) is 4.63. The van der Waals surface area contributed by atoms with Gasteiger partial charge in [-0.25, -0.2) is 0 Å².